The van der Waals surface area contributed by atoms with Crippen LogP contribution in [0.4, 0.5) is 0 Å². The van der Waals surface area contributed by atoms with E-state index in [0.29, 0.717) is 6.04 Å². The predicted octanol–water partition coefficient (Wildman–Crippen LogP) is 2.23. The van der Waals surface area contributed by atoms with Crippen LogP contribution in [0.15, 0.2) is 12.4 Å². The lowest BCUT2D eigenvalue weighted by molar-refractivity contribution is 0.420. The number of nitrogens with one attached hydrogen (secondary N) is 1. The highest BCUT2D eigenvalue weighted by Gasteiger charge is 2.38. The third-order valence-electron chi connectivity index (χ3n) is 3.79. The Hall–Kier alpha value is -0.830. The third kappa shape index (κ3) is 2.14. The Morgan fingerprint density at radius 1 is 1.62 bits per heavy atom. The zero-order valence-corrected chi connectivity index (χ0v) is 10.7. The minimum atomic E-state index is 0.268. The molecule has 0 amide bonds. The van der Waals surface area contributed by atoms with Crippen LogP contribution in [0.3, 0.4) is 0 Å². The van der Waals surface area contributed by atoms with Crippen LogP contribution in [-0.4, -0.2) is 22.1 Å². The molecule has 3 nitrogen and oxygen atoms in total. The number of hydrogen-bond donors (Lipinski definition) is 1. The highest BCUT2D eigenvalue weighted by Crippen LogP contribution is 2.39. The van der Waals surface area contributed by atoms with Crippen molar-refractivity contribution in [2.75, 3.05) is 6.54 Å². The molecule has 2 rings (SSSR count). The second-order valence-corrected chi connectivity index (χ2v) is 5.32. The van der Waals surface area contributed by atoms with Gasteiger partial charge in [0.2, 0.25) is 0 Å². The molecule has 0 bridgehead atoms. The van der Waals surface area contributed by atoms with Crippen LogP contribution in [0.1, 0.15) is 45.4 Å². The first-order valence-corrected chi connectivity index (χ1v) is 6.37. The van der Waals surface area contributed by atoms with Crippen molar-refractivity contribution < 1.29 is 0 Å². The fourth-order valence-corrected chi connectivity index (χ4v) is 2.91. The van der Waals surface area contributed by atoms with E-state index in [1.807, 2.05) is 12.4 Å². The number of aryl methyl sites for hydroxylation is 1. The van der Waals surface area contributed by atoms with E-state index in [4.69, 9.17) is 0 Å². The molecule has 16 heavy (non-hydrogen) atoms. The van der Waals surface area contributed by atoms with Crippen molar-refractivity contribution in [3.63, 3.8) is 0 Å². The Morgan fingerprint density at radius 2 is 2.44 bits per heavy atom. The number of imidazole rings is 1. The molecule has 1 aromatic heterocycles. The summed E-state index contributed by atoms with van der Waals surface area (Å²) in [5, 5.41) is 3.63. The summed E-state index contributed by atoms with van der Waals surface area (Å²) in [4.78, 5) is 4.52. The summed E-state index contributed by atoms with van der Waals surface area (Å²) in [5.74, 6) is 1.24. The van der Waals surface area contributed by atoms with Crippen LogP contribution in [0.2, 0.25) is 0 Å². The summed E-state index contributed by atoms with van der Waals surface area (Å²) in [6.45, 7) is 5.71. The molecule has 1 saturated carbocycles. The molecule has 1 aliphatic rings. The van der Waals surface area contributed by atoms with E-state index in [1.54, 1.807) is 0 Å². The van der Waals surface area contributed by atoms with Crippen LogP contribution >= 0.6 is 0 Å². The molecule has 1 aromatic rings. The summed E-state index contributed by atoms with van der Waals surface area (Å²) in [5.41, 5.74) is 0.268. The Labute approximate surface area is 98.3 Å². The van der Waals surface area contributed by atoms with Gasteiger partial charge in [0.1, 0.15) is 5.82 Å². The minimum Gasteiger partial charge on any atom is -0.338 e. The van der Waals surface area contributed by atoms with Crippen molar-refractivity contribution in [1.29, 1.82) is 0 Å². The van der Waals surface area contributed by atoms with E-state index < -0.39 is 0 Å². The van der Waals surface area contributed by atoms with Crippen molar-refractivity contribution in [2.24, 2.45) is 7.05 Å². The van der Waals surface area contributed by atoms with Gasteiger partial charge in [-0.05, 0) is 32.2 Å². The maximum absolute atomic E-state index is 4.52. The van der Waals surface area contributed by atoms with Crippen LogP contribution < -0.4 is 5.32 Å². The lowest BCUT2D eigenvalue weighted by atomic mass is 9.87. The monoisotopic (exact) mass is 221 g/mol. The highest BCUT2D eigenvalue weighted by molar-refractivity contribution is 5.12. The van der Waals surface area contributed by atoms with Gasteiger partial charge in [-0.2, -0.15) is 0 Å². The summed E-state index contributed by atoms with van der Waals surface area (Å²) in [6, 6.07) is 0.682. The van der Waals surface area contributed by atoms with E-state index in [9.17, 15) is 0 Å². The van der Waals surface area contributed by atoms with Crippen molar-refractivity contribution >= 4 is 0 Å². The topological polar surface area (TPSA) is 29.9 Å². The summed E-state index contributed by atoms with van der Waals surface area (Å²) in [6.07, 6.45) is 8.93. The standard InChI is InChI=1S/C13H23N3/c1-4-7-14-11-5-6-13(2,10-11)12-15-8-9-16(12)3/h8-9,11,14H,4-7,10H2,1-3H3. The molecule has 1 N–H and O–H groups in total. The molecular weight excluding hydrogens is 198 g/mol. The average molecular weight is 221 g/mol. The van der Waals surface area contributed by atoms with Gasteiger partial charge in [0.05, 0.1) is 0 Å². The molecule has 0 saturated heterocycles. The zero-order chi connectivity index (χ0) is 11.6. The lowest BCUT2D eigenvalue weighted by Crippen LogP contribution is -2.30. The molecule has 1 heterocycles. The first kappa shape index (κ1) is 11.6. The molecule has 0 radical (unpaired) electrons. The molecule has 2 atom stereocenters. The predicted molar refractivity (Wildman–Crippen MR) is 66.5 cm³/mol. The molecule has 0 aromatic carbocycles. The Morgan fingerprint density at radius 3 is 3.06 bits per heavy atom. The Kier molecular flexibility index (Phi) is 3.33. The van der Waals surface area contributed by atoms with E-state index in [0.717, 1.165) is 6.54 Å². The lowest BCUT2D eigenvalue weighted by Gasteiger charge is -2.23. The second-order valence-electron chi connectivity index (χ2n) is 5.32. The second kappa shape index (κ2) is 4.58. The highest BCUT2D eigenvalue weighted by atomic mass is 15.1. The maximum atomic E-state index is 4.52. The molecule has 0 aliphatic heterocycles. The van der Waals surface area contributed by atoms with Gasteiger partial charge in [0.15, 0.2) is 0 Å². The summed E-state index contributed by atoms with van der Waals surface area (Å²) in [7, 11) is 2.10. The number of hydrogen-bond acceptors (Lipinski definition) is 2. The SMILES string of the molecule is CCCNC1CCC(C)(c2nccn2C)C1. The van der Waals surface area contributed by atoms with Gasteiger partial charge >= 0.3 is 0 Å². The van der Waals surface area contributed by atoms with Crippen LogP contribution in [0.25, 0.3) is 0 Å². The first-order valence-electron chi connectivity index (χ1n) is 6.37. The fourth-order valence-electron chi connectivity index (χ4n) is 2.91. The normalized spacial score (nSPS) is 29.8. The quantitative estimate of drug-likeness (QED) is 0.845. The zero-order valence-electron chi connectivity index (χ0n) is 10.7. The largest absolute Gasteiger partial charge is 0.338 e. The van der Waals surface area contributed by atoms with Gasteiger partial charge in [-0.1, -0.05) is 13.8 Å². The molecule has 2 unspecified atom stereocenters. The van der Waals surface area contributed by atoms with Gasteiger partial charge in [-0.3, -0.25) is 0 Å². The van der Waals surface area contributed by atoms with Gasteiger partial charge in [-0.15, -0.1) is 0 Å². The molecular formula is C13H23N3. The summed E-state index contributed by atoms with van der Waals surface area (Å²) < 4.78 is 2.17. The van der Waals surface area contributed by atoms with Gasteiger partial charge in [0, 0.05) is 30.9 Å². The molecule has 3 heteroatoms. The molecule has 1 aliphatic carbocycles. The van der Waals surface area contributed by atoms with Crippen molar-refractivity contribution in [1.82, 2.24) is 14.9 Å². The molecule has 1 fully saturated rings. The summed E-state index contributed by atoms with van der Waals surface area (Å²) >= 11 is 0. The Balaban J connectivity index is 2.03. The molecule has 0 spiro atoms. The maximum Gasteiger partial charge on any atom is 0.114 e. The van der Waals surface area contributed by atoms with Crippen molar-refractivity contribution in [2.45, 2.75) is 51.0 Å². The van der Waals surface area contributed by atoms with Crippen LogP contribution in [-0.2, 0) is 12.5 Å². The average Bonchev–Trinajstić information content (AvgIpc) is 2.83. The van der Waals surface area contributed by atoms with E-state index in [2.05, 4.69) is 35.8 Å². The van der Waals surface area contributed by atoms with Gasteiger partial charge in [-0.25, -0.2) is 4.98 Å². The number of rotatable bonds is 4. The first-order chi connectivity index (χ1) is 7.65. The fraction of sp³-hybridized carbons (Fsp3) is 0.769. The van der Waals surface area contributed by atoms with Crippen molar-refractivity contribution in [3.05, 3.63) is 18.2 Å². The molecule has 90 valence electrons. The van der Waals surface area contributed by atoms with E-state index >= 15 is 0 Å². The van der Waals surface area contributed by atoms with E-state index in [1.165, 1.54) is 31.5 Å². The minimum absolute atomic E-state index is 0.268. The van der Waals surface area contributed by atoms with Crippen LogP contribution in [0.5, 0.6) is 0 Å². The third-order valence-corrected chi connectivity index (χ3v) is 3.79. The van der Waals surface area contributed by atoms with Crippen molar-refractivity contribution in [3.8, 4) is 0 Å². The Bertz CT molecular complexity index is 345. The van der Waals surface area contributed by atoms with Gasteiger partial charge in [0.25, 0.3) is 0 Å². The smallest absolute Gasteiger partial charge is 0.114 e. The number of nitrogens with zero attached hydrogens (tertiary/aromatic N) is 2. The van der Waals surface area contributed by atoms with Crippen LogP contribution in [0, 0.1) is 0 Å². The van der Waals surface area contributed by atoms with E-state index in [-0.39, 0.29) is 5.41 Å². The van der Waals surface area contributed by atoms with Gasteiger partial charge < -0.3 is 9.88 Å². The number of aromatic nitrogens is 2.